The van der Waals surface area contributed by atoms with Crippen molar-refractivity contribution in [3.05, 3.63) is 87.2 Å². The zero-order valence-electron chi connectivity index (χ0n) is 15.4. The average Bonchev–Trinajstić information content (AvgIpc) is 3.00. The molecular formula is C21H14ClN3O3S2. The maximum absolute atomic E-state index is 13.2. The molecule has 0 aliphatic carbocycles. The van der Waals surface area contributed by atoms with Gasteiger partial charge in [0.1, 0.15) is 21.3 Å². The number of rotatable bonds is 5. The van der Waals surface area contributed by atoms with E-state index in [-0.39, 0.29) is 22.9 Å². The molecule has 1 fully saturated rings. The van der Waals surface area contributed by atoms with Crippen molar-refractivity contribution in [2.75, 3.05) is 6.54 Å². The first-order valence-corrected chi connectivity index (χ1v) is 10.4. The minimum atomic E-state index is -0.378. The number of hydrogen-bond donors (Lipinski definition) is 0. The van der Waals surface area contributed by atoms with Gasteiger partial charge in [-0.3, -0.25) is 18.9 Å². The standard InChI is InChI=1S/C21H14ClN3O3S2/c1-2-10-25-20(27)16(30-21(25)29)12-13-18(28-15-8-4-3-7-14(15)22)23-17-9-5-6-11-24(17)19(13)26/h2-9,11-12H,1,10H2/b16-12+. The maximum Gasteiger partial charge on any atom is 0.269 e. The van der Waals surface area contributed by atoms with Crippen LogP contribution in [0.25, 0.3) is 11.7 Å². The second kappa shape index (κ2) is 8.43. The van der Waals surface area contributed by atoms with E-state index >= 15 is 0 Å². The topological polar surface area (TPSA) is 63.9 Å². The Hall–Kier alpha value is -2.94. The third-order valence-corrected chi connectivity index (χ3v) is 5.93. The Morgan fingerprint density at radius 1 is 1.20 bits per heavy atom. The molecule has 9 heteroatoms. The van der Waals surface area contributed by atoms with E-state index in [0.29, 0.717) is 32.2 Å². The summed E-state index contributed by atoms with van der Waals surface area (Å²) in [6, 6.07) is 12.0. The van der Waals surface area contributed by atoms with Gasteiger partial charge >= 0.3 is 0 Å². The lowest BCUT2D eigenvalue weighted by Gasteiger charge is -2.11. The van der Waals surface area contributed by atoms with Gasteiger partial charge in [0.25, 0.3) is 11.5 Å². The van der Waals surface area contributed by atoms with Crippen LogP contribution in [0.1, 0.15) is 5.56 Å². The van der Waals surface area contributed by atoms with E-state index in [2.05, 4.69) is 11.6 Å². The van der Waals surface area contributed by atoms with E-state index < -0.39 is 0 Å². The number of para-hydroxylation sites is 1. The molecule has 1 amide bonds. The van der Waals surface area contributed by atoms with Crippen molar-refractivity contribution in [1.82, 2.24) is 14.3 Å². The van der Waals surface area contributed by atoms with E-state index in [0.717, 1.165) is 11.8 Å². The molecule has 0 radical (unpaired) electrons. The van der Waals surface area contributed by atoms with Crippen molar-refractivity contribution in [2.24, 2.45) is 0 Å². The van der Waals surface area contributed by atoms with Crippen LogP contribution in [0.3, 0.4) is 0 Å². The molecule has 1 aliphatic rings. The highest BCUT2D eigenvalue weighted by Crippen LogP contribution is 2.35. The maximum atomic E-state index is 13.2. The second-order valence-electron chi connectivity index (χ2n) is 6.18. The van der Waals surface area contributed by atoms with Gasteiger partial charge in [-0.2, -0.15) is 4.98 Å². The Morgan fingerprint density at radius 3 is 2.73 bits per heavy atom. The Morgan fingerprint density at radius 2 is 1.97 bits per heavy atom. The fraction of sp³-hybridized carbons (Fsp3) is 0.0476. The molecule has 3 aromatic rings. The summed E-state index contributed by atoms with van der Waals surface area (Å²) < 4.78 is 7.67. The van der Waals surface area contributed by atoms with Gasteiger partial charge < -0.3 is 4.74 Å². The predicted molar refractivity (Wildman–Crippen MR) is 123 cm³/mol. The highest BCUT2D eigenvalue weighted by molar-refractivity contribution is 8.26. The summed E-state index contributed by atoms with van der Waals surface area (Å²) in [6.07, 6.45) is 4.65. The quantitative estimate of drug-likeness (QED) is 0.320. The number of hydrogen-bond acceptors (Lipinski definition) is 6. The van der Waals surface area contributed by atoms with Crippen molar-refractivity contribution in [2.45, 2.75) is 0 Å². The summed E-state index contributed by atoms with van der Waals surface area (Å²) in [5, 5.41) is 0.371. The first-order valence-electron chi connectivity index (χ1n) is 8.79. The van der Waals surface area contributed by atoms with Gasteiger partial charge in [0.2, 0.25) is 5.88 Å². The number of thioether (sulfide) groups is 1. The van der Waals surface area contributed by atoms with Crippen molar-refractivity contribution in [3.63, 3.8) is 0 Å². The Kier molecular flexibility index (Phi) is 5.72. The number of aromatic nitrogens is 2. The van der Waals surface area contributed by atoms with Crippen LogP contribution < -0.4 is 10.3 Å². The van der Waals surface area contributed by atoms with E-state index in [1.54, 1.807) is 54.7 Å². The van der Waals surface area contributed by atoms with Gasteiger partial charge in [0.05, 0.1) is 9.93 Å². The number of halogens is 1. The lowest BCUT2D eigenvalue weighted by Crippen LogP contribution is -2.28. The van der Waals surface area contributed by atoms with Crippen LogP contribution in [0.4, 0.5) is 0 Å². The normalized spacial score (nSPS) is 15.2. The zero-order chi connectivity index (χ0) is 21.3. The molecule has 0 atom stereocenters. The molecule has 6 nitrogen and oxygen atoms in total. The van der Waals surface area contributed by atoms with E-state index in [4.69, 9.17) is 28.6 Å². The smallest absolute Gasteiger partial charge is 0.269 e. The summed E-state index contributed by atoms with van der Waals surface area (Å²) in [5.41, 5.74) is 0.148. The molecule has 150 valence electrons. The van der Waals surface area contributed by atoms with Gasteiger partial charge in [0, 0.05) is 12.7 Å². The highest BCUT2D eigenvalue weighted by atomic mass is 35.5. The van der Waals surface area contributed by atoms with Gasteiger partial charge in [-0.15, -0.1) is 6.58 Å². The highest BCUT2D eigenvalue weighted by Gasteiger charge is 2.32. The first kappa shape index (κ1) is 20.3. The molecule has 3 heterocycles. The van der Waals surface area contributed by atoms with Gasteiger partial charge in [-0.25, -0.2) is 0 Å². The number of nitrogens with zero attached hydrogens (tertiary/aromatic N) is 3. The third kappa shape index (κ3) is 3.77. The average molecular weight is 456 g/mol. The number of ether oxygens (including phenoxy) is 1. The number of fused-ring (bicyclic) bond motifs is 1. The van der Waals surface area contributed by atoms with Crippen molar-refractivity contribution in [1.29, 1.82) is 0 Å². The molecule has 1 aliphatic heterocycles. The van der Waals surface area contributed by atoms with Crippen LogP contribution in [-0.4, -0.2) is 31.1 Å². The Labute approximate surface area is 186 Å². The first-order chi connectivity index (χ1) is 14.5. The zero-order valence-corrected chi connectivity index (χ0v) is 17.8. The number of carbonyl (C=O) groups is 1. The lowest BCUT2D eigenvalue weighted by molar-refractivity contribution is -0.121. The largest absolute Gasteiger partial charge is 0.437 e. The molecule has 0 N–H and O–H groups in total. The molecule has 2 aromatic heterocycles. The van der Waals surface area contributed by atoms with E-state index in [1.807, 2.05) is 0 Å². The van der Waals surface area contributed by atoms with E-state index in [1.165, 1.54) is 15.4 Å². The minimum absolute atomic E-state index is 0.0493. The third-order valence-electron chi connectivity index (χ3n) is 4.24. The molecular weight excluding hydrogens is 442 g/mol. The number of pyridine rings is 1. The fourth-order valence-electron chi connectivity index (χ4n) is 2.83. The molecule has 4 rings (SSSR count). The second-order valence-corrected chi connectivity index (χ2v) is 8.26. The number of thiocarbonyl (C=S) groups is 1. The van der Waals surface area contributed by atoms with Crippen LogP contribution in [-0.2, 0) is 4.79 Å². The Balaban J connectivity index is 1.88. The minimum Gasteiger partial charge on any atom is -0.437 e. The summed E-state index contributed by atoms with van der Waals surface area (Å²) in [5.74, 6) is 0.0969. The van der Waals surface area contributed by atoms with Crippen LogP contribution in [0.15, 0.2) is 71.0 Å². The van der Waals surface area contributed by atoms with Crippen LogP contribution in [0.5, 0.6) is 11.6 Å². The SMILES string of the molecule is C=CCN1C(=O)/C(=C\c2c(Oc3ccccc3Cl)nc3ccccn3c2=O)SC1=S. The molecule has 0 bridgehead atoms. The van der Waals surface area contributed by atoms with Gasteiger partial charge in [-0.05, 0) is 30.3 Å². The van der Waals surface area contributed by atoms with Crippen LogP contribution in [0.2, 0.25) is 5.02 Å². The summed E-state index contributed by atoms with van der Waals surface area (Å²) >= 11 is 12.6. The molecule has 0 spiro atoms. The number of amides is 1. The van der Waals surface area contributed by atoms with Crippen molar-refractivity contribution >= 4 is 57.5 Å². The summed E-state index contributed by atoms with van der Waals surface area (Å²) in [6.45, 7) is 3.93. The lowest BCUT2D eigenvalue weighted by atomic mass is 10.2. The van der Waals surface area contributed by atoms with Crippen molar-refractivity contribution in [3.8, 4) is 11.6 Å². The molecule has 1 aromatic carbocycles. The molecule has 0 unspecified atom stereocenters. The Bertz CT molecular complexity index is 1290. The van der Waals surface area contributed by atoms with Gasteiger partial charge in [0.15, 0.2) is 0 Å². The van der Waals surface area contributed by atoms with Crippen LogP contribution in [0, 0.1) is 0 Å². The summed E-state index contributed by atoms with van der Waals surface area (Å²) in [4.78, 5) is 32.1. The van der Waals surface area contributed by atoms with Crippen LogP contribution >= 0.6 is 35.6 Å². The van der Waals surface area contributed by atoms with Gasteiger partial charge in [-0.1, -0.05) is 59.9 Å². The van der Waals surface area contributed by atoms with Crippen molar-refractivity contribution < 1.29 is 9.53 Å². The predicted octanol–water partition coefficient (Wildman–Crippen LogP) is 4.53. The molecule has 30 heavy (non-hydrogen) atoms. The monoisotopic (exact) mass is 455 g/mol. The number of carbonyl (C=O) groups excluding carboxylic acids is 1. The van der Waals surface area contributed by atoms with E-state index in [9.17, 15) is 9.59 Å². The molecule has 1 saturated heterocycles. The summed E-state index contributed by atoms with van der Waals surface area (Å²) in [7, 11) is 0. The fourth-order valence-corrected chi connectivity index (χ4v) is 4.26. The number of benzene rings is 1. The molecule has 0 saturated carbocycles.